The van der Waals surface area contributed by atoms with Gasteiger partial charge < -0.3 is 15.4 Å². The van der Waals surface area contributed by atoms with Gasteiger partial charge in [0.25, 0.3) is 0 Å². The molecule has 0 saturated carbocycles. The van der Waals surface area contributed by atoms with Crippen molar-refractivity contribution in [1.29, 1.82) is 0 Å². The summed E-state index contributed by atoms with van der Waals surface area (Å²) in [4.78, 5) is 0. The molecule has 0 fully saturated rings. The lowest BCUT2D eigenvalue weighted by atomic mass is 10.1. The third-order valence-electron chi connectivity index (χ3n) is 3.36. The summed E-state index contributed by atoms with van der Waals surface area (Å²) in [5.74, 6) is 0.850. The Morgan fingerprint density at radius 1 is 1.09 bits per heavy atom. The van der Waals surface area contributed by atoms with Crippen molar-refractivity contribution in [3.63, 3.8) is 0 Å². The maximum absolute atomic E-state index is 5.95. The molecule has 2 aromatic carbocycles. The van der Waals surface area contributed by atoms with Crippen molar-refractivity contribution < 1.29 is 4.74 Å². The number of nitrogens with one attached hydrogen (secondary N) is 2. The lowest BCUT2D eigenvalue weighted by molar-refractivity contribution is 0.414. The van der Waals surface area contributed by atoms with E-state index >= 15 is 0 Å². The predicted molar refractivity (Wildman–Crippen MR) is 95.5 cm³/mol. The number of methoxy groups -OCH3 is 1. The average Bonchev–Trinajstić information content (AvgIpc) is 2.52. The van der Waals surface area contributed by atoms with Crippen LogP contribution in [0.1, 0.15) is 16.7 Å². The van der Waals surface area contributed by atoms with Crippen molar-refractivity contribution in [2.45, 2.75) is 20.0 Å². The van der Waals surface area contributed by atoms with Crippen LogP contribution in [0.2, 0.25) is 5.02 Å². The normalized spacial score (nSPS) is 10.1. The van der Waals surface area contributed by atoms with E-state index in [1.165, 1.54) is 5.56 Å². The lowest BCUT2D eigenvalue weighted by Gasteiger charge is -2.12. The fourth-order valence-electron chi connectivity index (χ4n) is 2.02. The summed E-state index contributed by atoms with van der Waals surface area (Å²) in [5.41, 5.74) is 3.48. The summed E-state index contributed by atoms with van der Waals surface area (Å²) < 4.78 is 5.13. The molecular weight excluding hydrogens is 316 g/mol. The number of halogens is 1. The number of aryl methyl sites for hydroxylation is 1. The Kier molecular flexibility index (Phi) is 6.04. The average molecular weight is 335 g/mol. The molecule has 0 aliphatic rings. The monoisotopic (exact) mass is 334 g/mol. The maximum Gasteiger partial charge on any atom is 0.166 e. The largest absolute Gasteiger partial charge is 0.497 e. The highest BCUT2D eigenvalue weighted by Gasteiger charge is 2.01. The molecular formula is C17H19ClN2OS. The first-order valence-corrected chi connectivity index (χ1v) is 7.77. The molecule has 2 rings (SSSR count). The zero-order valence-corrected chi connectivity index (χ0v) is 14.2. The fourth-order valence-corrected chi connectivity index (χ4v) is 2.39. The molecule has 0 atom stereocenters. The molecule has 116 valence electrons. The Hall–Kier alpha value is -1.78. The summed E-state index contributed by atoms with van der Waals surface area (Å²) in [5, 5.41) is 7.78. The van der Waals surface area contributed by atoms with Crippen molar-refractivity contribution in [1.82, 2.24) is 10.6 Å². The molecule has 0 amide bonds. The van der Waals surface area contributed by atoms with Crippen molar-refractivity contribution >= 4 is 28.9 Å². The van der Waals surface area contributed by atoms with E-state index in [4.69, 9.17) is 28.6 Å². The van der Waals surface area contributed by atoms with Crippen LogP contribution >= 0.6 is 23.8 Å². The topological polar surface area (TPSA) is 33.3 Å². The second-order valence-electron chi connectivity index (χ2n) is 4.96. The molecule has 0 saturated heterocycles. The number of benzene rings is 2. The van der Waals surface area contributed by atoms with Crippen LogP contribution in [0.4, 0.5) is 0 Å². The zero-order valence-electron chi connectivity index (χ0n) is 12.7. The molecule has 0 aromatic heterocycles. The lowest BCUT2D eigenvalue weighted by Crippen LogP contribution is -2.34. The van der Waals surface area contributed by atoms with E-state index in [1.54, 1.807) is 7.11 Å². The van der Waals surface area contributed by atoms with E-state index in [1.807, 2.05) is 49.4 Å². The second kappa shape index (κ2) is 8.01. The Bertz CT molecular complexity index is 644. The number of ether oxygens (including phenoxy) is 1. The maximum atomic E-state index is 5.95. The molecule has 0 radical (unpaired) electrons. The van der Waals surface area contributed by atoms with Crippen molar-refractivity contribution in [3.8, 4) is 5.75 Å². The standard InChI is InChI=1S/C17H19ClN2OS/c1-12-9-15(18)6-5-14(12)11-20-17(22)19-10-13-3-7-16(21-2)8-4-13/h3-9H,10-11H2,1-2H3,(H2,19,20,22). The summed E-state index contributed by atoms with van der Waals surface area (Å²) in [6.45, 7) is 3.39. The van der Waals surface area contributed by atoms with Gasteiger partial charge in [-0.3, -0.25) is 0 Å². The molecule has 5 heteroatoms. The minimum Gasteiger partial charge on any atom is -0.497 e. The molecule has 0 aliphatic carbocycles. The summed E-state index contributed by atoms with van der Waals surface area (Å²) in [6, 6.07) is 13.7. The van der Waals surface area contributed by atoms with Gasteiger partial charge in [-0.2, -0.15) is 0 Å². The number of hydrogen-bond acceptors (Lipinski definition) is 2. The van der Waals surface area contributed by atoms with Crippen LogP contribution in [0, 0.1) is 6.92 Å². The Balaban J connectivity index is 1.80. The Labute approximate surface area is 141 Å². The molecule has 0 aliphatic heterocycles. The molecule has 22 heavy (non-hydrogen) atoms. The van der Waals surface area contributed by atoms with Gasteiger partial charge in [-0.05, 0) is 60.1 Å². The third kappa shape index (κ3) is 4.90. The van der Waals surface area contributed by atoms with Crippen molar-refractivity contribution in [2.75, 3.05) is 7.11 Å². The van der Waals surface area contributed by atoms with Crippen LogP contribution in [-0.2, 0) is 13.1 Å². The van der Waals surface area contributed by atoms with Gasteiger partial charge in [-0.15, -0.1) is 0 Å². The molecule has 2 N–H and O–H groups in total. The smallest absolute Gasteiger partial charge is 0.166 e. The van der Waals surface area contributed by atoms with Gasteiger partial charge in [-0.25, -0.2) is 0 Å². The van der Waals surface area contributed by atoms with Gasteiger partial charge >= 0.3 is 0 Å². The van der Waals surface area contributed by atoms with Crippen LogP contribution < -0.4 is 15.4 Å². The van der Waals surface area contributed by atoms with Gasteiger partial charge in [0, 0.05) is 18.1 Å². The first-order valence-electron chi connectivity index (χ1n) is 6.98. The van der Waals surface area contributed by atoms with Crippen molar-refractivity contribution in [2.24, 2.45) is 0 Å². The molecule has 0 bridgehead atoms. The SMILES string of the molecule is COc1ccc(CNC(=S)NCc2ccc(Cl)cc2C)cc1. The van der Waals surface area contributed by atoms with E-state index in [-0.39, 0.29) is 0 Å². The highest BCUT2D eigenvalue weighted by molar-refractivity contribution is 7.80. The van der Waals surface area contributed by atoms with Gasteiger partial charge in [0.2, 0.25) is 0 Å². The summed E-state index contributed by atoms with van der Waals surface area (Å²) in [7, 11) is 1.66. The number of rotatable bonds is 5. The third-order valence-corrected chi connectivity index (χ3v) is 3.88. The van der Waals surface area contributed by atoms with Gasteiger partial charge in [0.15, 0.2) is 5.11 Å². The Morgan fingerprint density at radius 3 is 2.41 bits per heavy atom. The first-order chi connectivity index (χ1) is 10.6. The summed E-state index contributed by atoms with van der Waals surface area (Å²) >= 11 is 11.2. The highest BCUT2D eigenvalue weighted by atomic mass is 35.5. The van der Waals surface area contributed by atoms with Gasteiger partial charge in [-0.1, -0.05) is 29.8 Å². The van der Waals surface area contributed by atoms with E-state index in [9.17, 15) is 0 Å². The first kappa shape index (κ1) is 16.6. The van der Waals surface area contributed by atoms with E-state index in [0.717, 1.165) is 21.9 Å². The number of hydrogen-bond donors (Lipinski definition) is 2. The quantitative estimate of drug-likeness (QED) is 0.814. The second-order valence-corrected chi connectivity index (χ2v) is 5.80. The van der Waals surface area contributed by atoms with E-state index < -0.39 is 0 Å². The predicted octanol–water partition coefficient (Wildman–Crippen LogP) is 3.82. The molecule has 3 nitrogen and oxygen atoms in total. The summed E-state index contributed by atoms with van der Waals surface area (Å²) in [6.07, 6.45) is 0. The van der Waals surface area contributed by atoms with Crippen LogP contribution in [0.5, 0.6) is 5.75 Å². The van der Waals surface area contributed by atoms with E-state index in [2.05, 4.69) is 10.6 Å². The van der Waals surface area contributed by atoms with Crippen LogP contribution in [0.25, 0.3) is 0 Å². The fraction of sp³-hybridized carbons (Fsp3) is 0.235. The molecule has 0 spiro atoms. The minimum absolute atomic E-state index is 0.630. The van der Waals surface area contributed by atoms with Crippen molar-refractivity contribution in [3.05, 3.63) is 64.2 Å². The zero-order chi connectivity index (χ0) is 15.9. The number of thiocarbonyl (C=S) groups is 1. The highest BCUT2D eigenvalue weighted by Crippen LogP contribution is 2.15. The molecule has 0 heterocycles. The van der Waals surface area contributed by atoms with Gasteiger partial charge in [0.1, 0.15) is 5.75 Å². The molecule has 0 unspecified atom stereocenters. The Morgan fingerprint density at radius 2 is 1.77 bits per heavy atom. The van der Waals surface area contributed by atoms with Crippen LogP contribution in [0.3, 0.4) is 0 Å². The van der Waals surface area contributed by atoms with Gasteiger partial charge in [0.05, 0.1) is 7.11 Å². The van der Waals surface area contributed by atoms with Crippen LogP contribution in [0.15, 0.2) is 42.5 Å². The minimum atomic E-state index is 0.630. The van der Waals surface area contributed by atoms with Crippen LogP contribution in [-0.4, -0.2) is 12.2 Å². The molecule has 2 aromatic rings. The van der Waals surface area contributed by atoms with E-state index in [0.29, 0.717) is 18.2 Å².